The summed E-state index contributed by atoms with van der Waals surface area (Å²) < 4.78 is 5.36. The van der Waals surface area contributed by atoms with Gasteiger partial charge in [-0.15, -0.1) is 0 Å². The lowest BCUT2D eigenvalue weighted by Crippen LogP contribution is -2.56. The van der Waals surface area contributed by atoms with E-state index in [1.54, 1.807) is 7.11 Å². The van der Waals surface area contributed by atoms with Crippen LogP contribution in [0.2, 0.25) is 0 Å². The van der Waals surface area contributed by atoms with Crippen LogP contribution in [0.4, 0.5) is 0 Å². The van der Waals surface area contributed by atoms with Crippen molar-refractivity contribution in [2.24, 2.45) is 0 Å². The Hall–Kier alpha value is -1.06. The molecule has 0 radical (unpaired) electrons. The van der Waals surface area contributed by atoms with E-state index in [9.17, 15) is 0 Å². The van der Waals surface area contributed by atoms with Crippen molar-refractivity contribution in [3.8, 4) is 5.75 Å². The molecule has 112 valence electrons. The van der Waals surface area contributed by atoms with E-state index in [0.29, 0.717) is 18.1 Å². The molecule has 3 nitrogen and oxygen atoms in total. The van der Waals surface area contributed by atoms with Crippen LogP contribution in [-0.2, 0) is 0 Å². The van der Waals surface area contributed by atoms with Crippen LogP contribution in [-0.4, -0.2) is 37.2 Å². The highest BCUT2D eigenvalue weighted by atomic mass is 16.5. The molecule has 0 bridgehead atoms. The summed E-state index contributed by atoms with van der Waals surface area (Å²) in [5.41, 5.74) is 1.35. The quantitative estimate of drug-likeness (QED) is 0.893. The number of hydrogen-bond donors (Lipinski definition) is 1. The van der Waals surface area contributed by atoms with E-state index in [0.717, 1.165) is 18.8 Å². The molecule has 3 atom stereocenters. The van der Waals surface area contributed by atoms with Gasteiger partial charge in [-0.05, 0) is 37.5 Å². The first kappa shape index (κ1) is 15.3. The summed E-state index contributed by atoms with van der Waals surface area (Å²) in [6.45, 7) is 9.09. The van der Waals surface area contributed by atoms with Gasteiger partial charge in [0.1, 0.15) is 5.75 Å². The van der Waals surface area contributed by atoms with Crippen molar-refractivity contribution in [1.29, 1.82) is 0 Å². The molecule has 2 rings (SSSR count). The molecule has 3 unspecified atom stereocenters. The molecule has 1 aliphatic rings. The fourth-order valence-electron chi connectivity index (χ4n) is 3.11. The molecule has 0 aromatic heterocycles. The van der Waals surface area contributed by atoms with Crippen molar-refractivity contribution in [1.82, 2.24) is 10.2 Å². The second-order valence-corrected chi connectivity index (χ2v) is 5.72. The fourth-order valence-corrected chi connectivity index (χ4v) is 3.11. The fraction of sp³-hybridized carbons (Fsp3) is 0.647. The maximum Gasteiger partial charge on any atom is 0.119 e. The van der Waals surface area contributed by atoms with Gasteiger partial charge in [-0.25, -0.2) is 0 Å². The second-order valence-electron chi connectivity index (χ2n) is 5.72. The molecule has 1 aromatic carbocycles. The normalized spacial score (nSPS) is 25.4. The van der Waals surface area contributed by atoms with Crippen LogP contribution in [0.1, 0.15) is 45.2 Å². The van der Waals surface area contributed by atoms with Crippen molar-refractivity contribution in [3.05, 3.63) is 29.8 Å². The first-order valence-corrected chi connectivity index (χ1v) is 7.82. The Bertz CT molecular complexity index is 421. The van der Waals surface area contributed by atoms with Crippen molar-refractivity contribution in [2.75, 3.05) is 20.2 Å². The van der Waals surface area contributed by atoms with Gasteiger partial charge < -0.3 is 10.1 Å². The number of ether oxygens (including phenoxy) is 1. The maximum absolute atomic E-state index is 5.36. The third kappa shape index (κ3) is 3.33. The van der Waals surface area contributed by atoms with E-state index in [2.05, 4.69) is 49.2 Å². The summed E-state index contributed by atoms with van der Waals surface area (Å²) in [5.74, 6) is 0.949. The Balaban J connectivity index is 2.17. The number of benzene rings is 1. The van der Waals surface area contributed by atoms with Gasteiger partial charge in [0.15, 0.2) is 0 Å². The first-order chi connectivity index (χ1) is 9.69. The largest absolute Gasteiger partial charge is 0.497 e. The molecule has 1 aromatic rings. The molecular formula is C17H28N2O. The number of piperazine rings is 1. The van der Waals surface area contributed by atoms with Crippen LogP contribution in [0.15, 0.2) is 24.3 Å². The SMILES string of the molecule is CCC1CN(C(C)c2cccc(OC)c2)C(CC)CN1. The van der Waals surface area contributed by atoms with Gasteiger partial charge in [0.25, 0.3) is 0 Å². The third-order valence-electron chi connectivity index (χ3n) is 4.58. The molecule has 0 amide bonds. The summed E-state index contributed by atoms with van der Waals surface area (Å²) in [6.07, 6.45) is 2.38. The summed E-state index contributed by atoms with van der Waals surface area (Å²) in [5, 5.41) is 3.66. The lowest BCUT2D eigenvalue weighted by atomic mass is 9.99. The summed E-state index contributed by atoms with van der Waals surface area (Å²) in [7, 11) is 1.73. The highest BCUT2D eigenvalue weighted by molar-refractivity contribution is 5.30. The topological polar surface area (TPSA) is 24.5 Å². The number of nitrogens with one attached hydrogen (secondary N) is 1. The Morgan fingerprint density at radius 3 is 2.80 bits per heavy atom. The summed E-state index contributed by atoms with van der Waals surface area (Å²) in [4.78, 5) is 2.65. The number of methoxy groups -OCH3 is 1. The molecule has 0 saturated carbocycles. The minimum Gasteiger partial charge on any atom is -0.497 e. The molecule has 1 fully saturated rings. The Morgan fingerprint density at radius 1 is 1.35 bits per heavy atom. The molecule has 1 saturated heterocycles. The molecule has 0 aliphatic carbocycles. The minimum absolute atomic E-state index is 0.436. The zero-order valence-electron chi connectivity index (χ0n) is 13.2. The Morgan fingerprint density at radius 2 is 2.15 bits per heavy atom. The Labute approximate surface area is 123 Å². The lowest BCUT2D eigenvalue weighted by Gasteiger charge is -2.43. The van der Waals surface area contributed by atoms with E-state index in [-0.39, 0.29) is 0 Å². The Kier molecular flexibility index (Phi) is 5.44. The van der Waals surface area contributed by atoms with Crippen molar-refractivity contribution >= 4 is 0 Å². The van der Waals surface area contributed by atoms with E-state index < -0.39 is 0 Å². The predicted molar refractivity (Wildman–Crippen MR) is 84.3 cm³/mol. The lowest BCUT2D eigenvalue weighted by molar-refractivity contribution is 0.0849. The molecule has 1 heterocycles. The van der Waals surface area contributed by atoms with Crippen LogP contribution >= 0.6 is 0 Å². The zero-order valence-corrected chi connectivity index (χ0v) is 13.2. The van der Waals surface area contributed by atoms with E-state index >= 15 is 0 Å². The summed E-state index contributed by atoms with van der Waals surface area (Å²) >= 11 is 0. The minimum atomic E-state index is 0.436. The van der Waals surface area contributed by atoms with E-state index in [4.69, 9.17) is 4.74 Å². The van der Waals surface area contributed by atoms with E-state index in [1.165, 1.54) is 18.4 Å². The van der Waals surface area contributed by atoms with E-state index in [1.807, 2.05) is 6.07 Å². The van der Waals surface area contributed by atoms with Gasteiger partial charge in [0.05, 0.1) is 7.11 Å². The molecule has 3 heteroatoms. The summed E-state index contributed by atoms with van der Waals surface area (Å²) in [6, 6.07) is 10.2. The average molecular weight is 276 g/mol. The standard InChI is InChI=1S/C17H28N2O/c1-5-15-12-19(16(6-2)11-18-15)13(3)14-8-7-9-17(10-14)20-4/h7-10,13,15-16,18H,5-6,11-12H2,1-4H3. The molecule has 20 heavy (non-hydrogen) atoms. The van der Waals surface area contributed by atoms with Crippen LogP contribution in [0.3, 0.4) is 0 Å². The van der Waals surface area contributed by atoms with Gasteiger partial charge in [0.2, 0.25) is 0 Å². The monoisotopic (exact) mass is 276 g/mol. The second kappa shape index (κ2) is 7.09. The van der Waals surface area contributed by atoms with Gasteiger partial charge in [-0.2, -0.15) is 0 Å². The predicted octanol–water partition coefficient (Wildman–Crippen LogP) is 3.22. The first-order valence-electron chi connectivity index (χ1n) is 7.82. The molecular weight excluding hydrogens is 248 g/mol. The highest BCUT2D eigenvalue weighted by Gasteiger charge is 2.29. The van der Waals surface area contributed by atoms with Crippen LogP contribution in [0.5, 0.6) is 5.75 Å². The maximum atomic E-state index is 5.36. The van der Waals surface area contributed by atoms with Crippen molar-refractivity contribution in [2.45, 2.75) is 51.7 Å². The van der Waals surface area contributed by atoms with Crippen molar-refractivity contribution in [3.63, 3.8) is 0 Å². The van der Waals surface area contributed by atoms with Crippen LogP contribution in [0.25, 0.3) is 0 Å². The van der Waals surface area contributed by atoms with Crippen LogP contribution < -0.4 is 10.1 Å². The molecule has 1 aliphatic heterocycles. The number of rotatable bonds is 5. The molecule has 1 N–H and O–H groups in total. The zero-order chi connectivity index (χ0) is 14.5. The average Bonchev–Trinajstić information content (AvgIpc) is 2.53. The third-order valence-corrected chi connectivity index (χ3v) is 4.58. The number of hydrogen-bond acceptors (Lipinski definition) is 3. The van der Waals surface area contributed by atoms with Gasteiger partial charge in [0, 0.05) is 31.2 Å². The smallest absolute Gasteiger partial charge is 0.119 e. The van der Waals surface area contributed by atoms with Gasteiger partial charge in [-0.3, -0.25) is 4.90 Å². The van der Waals surface area contributed by atoms with Crippen LogP contribution in [0, 0.1) is 0 Å². The highest BCUT2D eigenvalue weighted by Crippen LogP contribution is 2.28. The number of nitrogens with zero attached hydrogens (tertiary/aromatic N) is 1. The van der Waals surface area contributed by atoms with Crippen molar-refractivity contribution < 1.29 is 4.74 Å². The van der Waals surface area contributed by atoms with Gasteiger partial charge in [-0.1, -0.05) is 26.0 Å². The van der Waals surface area contributed by atoms with Gasteiger partial charge >= 0.3 is 0 Å². The molecule has 0 spiro atoms.